The molecule has 1 rings (SSSR count). The molecule has 1 aromatic rings. The van der Waals surface area contributed by atoms with Crippen molar-refractivity contribution in [3.63, 3.8) is 0 Å². The highest BCUT2D eigenvalue weighted by atomic mass is 19.4. The lowest BCUT2D eigenvalue weighted by atomic mass is 9.90. The average Bonchev–Trinajstić information content (AvgIpc) is 2.40. The molecule has 0 aromatic heterocycles. The number of rotatable bonds is 7. The lowest BCUT2D eigenvalue weighted by Gasteiger charge is -2.20. The summed E-state index contributed by atoms with van der Waals surface area (Å²) in [5.74, 6) is 0.590. The standard InChI is InChI=1S/C15H22F3NO/c1-3-11(6-5-9-19)13-10-12(15(16,17)18)7-8-14(13)20-4-2/h7-8,10-11H,3-6,9,19H2,1-2H3. The van der Waals surface area contributed by atoms with Gasteiger partial charge in [0.05, 0.1) is 12.2 Å². The van der Waals surface area contributed by atoms with Gasteiger partial charge in [-0.05, 0) is 62.4 Å². The van der Waals surface area contributed by atoms with Crippen LogP contribution in [0.2, 0.25) is 0 Å². The Kier molecular flexibility index (Phi) is 6.33. The topological polar surface area (TPSA) is 35.2 Å². The molecule has 0 heterocycles. The molecular weight excluding hydrogens is 267 g/mol. The Hall–Kier alpha value is -1.23. The van der Waals surface area contributed by atoms with Crippen LogP contribution in [0.1, 0.15) is 50.2 Å². The minimum Gasteiger partial charge on any atom is -0.494 e. The largest absolute Gasteiger partial charge is 0.494 e. The molecule has 0 saturated heterocycles. The molecular formula is C15H22F3NO. The number of ether oxygens (including phenoxy) is 1. The van der Waals surface area contributed by atoms with Gasteiger partial charge in [-0.15, -0.1) is 0 Å². The number of hydrogen-bond donors (Lipinski definition) is 1. The molecule has 0 spiro atoms. The van der Waals surface area contributed by atoms with Gasteiger partial charge in [0.2, 0.25) is 0 Å². The summed E-state index contributed by atoms with van der Waals surface area (Å²) in [4.78, 5) is 0. The SMILES string of the molecule is CCOc1ccc(C(F)(F)F)cc1C(CC)CCCN. The molecule has 20 heavy (non-hydrogen) atoms. The Labute approximate surface area is 118 Å². The second-order valence-electron chi connectivity index (χ2n) is 4.72. The lowest BCUT2D eigenvalue weighted by Crippen LogP contribution is -2.10. The number of hydrogen-bond acceptors (Lipinski definition) is 2. The van der Waals surface area contributed by atoms with E-state index in [9.17, 15) is 13.2 Å². The van der Waals surface area contributed by atoms with E-state index >= 15 is 0 Å². The van der Waals surface area contributed by atoms with Crippen molar-refractivity contribution >= 4 is 0 Å². The maximum absolute atomic E-state index is 12.8. The fourth-order valence-corrected chi connectivity index (χ4v) is 2.27. The van der Waals surface area contributed by atoms with Crippen LogP contribution >= 0.6 is 0 Å². The quantitative estimate of drug-likeness (QED) is 0.810. The Morgan fingerprint density at radius 2 is 1.95 bits per heavy atom. The summed E-state index contributed by atoms with van der Waals surface area (Å²) in [5.41, 5.74) is 5.51. The summed E-state index contributed by atoms with van der Waals surface area (Å²) in [6.07, 6.45) is -2.00. The molecule has 5 heteroatoms. The highest BCUT2D eigenvalue weighted by molar-refractivity contribution is 5.40. The molecule has 0 amide bonds. The van der Waals surface area contributed by atoms with Crippen molar-refractivity contribution in [1.29, 1.82) is 0 Å². The lowest BCUT2D eigenvalue weighted by molar-refractivity contribution is -0.137. The molecule has 2 nitrogen and oxygen atoms in total. The summed E-state index contributed by atoms with van der Waals surface area (Å²) in [7, 11) is 0. The number of benzene rings is 1. The maximum Gasteiger partial charge on any atom is 0.416 e. The number of nitrogens with two attached hydrogens (primary N) is 1. The first kappa shape index (κ1) is 16.8. The van der Waals surface area contributed by atoms with Crippen LogP contribution in [0.25, 0.3) is 0 Å². The molecule has 0 saturated carbocycles. The molecule has 0 aliphatic heterocycles. The van der Waals surface area contributed by atoms with Gasteiger partial charge >= 0.3 is 6.18 Å². The van der Waals surface area contributed by atoms with Gasteiger partial charge in [0.1, 0.15) is 5.75 Å². The van der Waals surface area contributed by atoms with Crippen molar-refractivity contribution < 1.29 is 17.9 Å². The van der Waals surface area contributed by atoms with Crippen molar-refractivity contribution in [3.05, 3.63) is 29.3 Å². The second-order valence-corrected chi connectivity index (χ2v) is 4.72. The van der Waals surface area contributed by atoms with E-state index in [4.69, 9.17) is 10.5 Å². The van der Waals surface area contributed by atoms with Crippen LogP contribution in [-0.2, 0) is 6.18 Å². The zero-order valence-electron chi connectivity index (χ0n) is 12.0. The molecule has 0 bridgehead atoms. The molecule has 0 aliphatic carbocycles. The minimum atomic E-state index is -4.33. The van der Waals surface area contributed by atoms with Gasteiger partial charge in [-0.1, -0.05) is 6.92 Å². The van der Waals surface area contributed by atoms with E-state index in [1.165, 1.54) is 12.1 Å². The van der Waals surface area contributed by atoms with E-state index in [0.29, 0.717) is 24.5 Å². The van der Waals surface area contributed by atoms with Crippen molar-refractivity contribution in [2.75, 3.05) is 13.2 Å². The van der Waals surface area contributed by atoms with Crippen molar-refractivity contribution in [1.82, 2.24) is 0 Å². The van der Waals surface area contributed by atoms with E-state index in [1.54, 1.807) is 0 Å². The van der Waals surface area contributed by atoms with E-state index < -0.39 is 11.7 Å². The van der Waals surface area contributed by atoms with E-state index in [0.717, 1.165) is 25.3 Å². The second kappa shape index (κ2) is 7.53. The van der Waals surface area contributed by atoms with Crippen LogP contribution in [0.5, 0.6) is 5.75 Å². The van der Waals surface area contributed by atoms with Crippen molar-refractivity contribution in [3.8, 4) is 5.75 Å². The van der Waals surface area contributed by atoms with Gasteiger partial charge in [-0.3, -0.25) is 0 Å². The number of halogens is 3. The van der Waals surface area contributed by atoms with Gasteiger partial charge in [0.15, 0.2) is 0 Å². The van der Waals surface area contributed by atoms with Crippen LogP contribution in [0.15, 0.2) is 18.2 Å². The van der Waals surface area contributed by atoms with Crippen LogP contribution in [-0.4, -0.2) is 13.2 Å². The molecule has 114 valence electrons. The third-order valence-corrected chi connectivity index (χ3v) is 3.33. The minimum absolute atomic E-state index is 0.0439. The third kappa shape index (κ3) is 4.40. The predicted molar refractivity (Wildman–Crippen MR) is 73.9 cm³/mol. The van der Waals surface area contributed by atoms with Gasteiger partial charge < -0.3 is 10.5 Å². The molecule has 1 atom stereocenters. The molecule has 1 unspecified atom stereocenters. The first-order valence-corrected chi connectivity index (χ1v) is 6.98. The fourth-order valence-electron chi connectivity index (χ4n) is 2.27. The monoisotopic (exact) mass is 289 g/mol. The highest BCUT2D eigenvalue weighted by Gasteiger charge is 2.31. The summed E-state index contributed by atoms with van der Waals surface area (Å²) < 4.78 is 44.0. The van der Waals surface area contributed by atoms with Crippen molar-refractivity contribution in [2.45, 2.75) is 45.2 Å². The van der Waals surface area contributed by atoms with Crippen LogP contribution in [0, 0.1) is 0 Å². The molecule has 0 aliphatic rings. The Morgan fingerprint density at radius 1 is 1.25 bits per heavy atom. The molecule has 0 fully saturated rings. The third-order valence-electron chi connectivity index (χ3n) is 3.33. The van der Waals surface area contributed by atoms with E-state index in [1.807, 2.05) is 13.8 Å². The number of alkyl halides is 3. The summed E-state index contributed by atoms with van der Waals surface area (Å²) in [5, 5.41) is 0. The first-order chi connectivity index (χ1) is 9.43. The zero-order valence-corrected chi connectivity index (χ0v) is 12.0. The van der Waals surface area contributed by atoms with E-state index in [2.05, 4.69) is 0 Å². The summed E-state index contributed by atoms with van der Waals surface area (Å²) in [6, 6.07) is 3.71. The summed E-state index contributed by atoms with van der Waals surface area (Å²) in [6.45, 7) is 4.77. The fraction of sp³-hybridized carbons (Fsp3) is 0.600. The van der Waals surface area contributed by atoms with Crippen molar-refractivity contribution in [2.24, 2.45) is 5.73 Å². The highest BCUT2D eigenvalue weighted by Crippen LogP contribution is 2.37. The summed E-state index contributed by atoms with van der Waals surface area (Å²) >= 11 is 0. The van der Waals surface area contributed by atoms with E-state index in [-0.39, 0.29) is 5.92 Å². The Balaban J connectivity index is 3.15. The normalized spacial score (nSPS) is 13.3. The predicted octanol–water partition coefficient (Wildman–Crippen LogP) is 4.34. The average molecular weight is 289 g/mol. The van der Waals surface area contributed by atoms with Crippen LogP contribution < -0.4 is 10.5 Å². The Morgan fingerprint density at radius 3 is 2.45 bits per heavy atom. The molecule has 2 N–H and O–H groups in total. The zero-order chi connectivity index (χ0) is 15.2. The smallest absolute Gasteiger partial charge is 0.416 e. The van der Waals surface area contributed by atoms with Crippen LogP contribution in [0.4, 0.5) is 13.2 Å². The van der Waals surface area contributed by atoms with Gasteiger partial charge in [-0.2, -0.15) is 13.2 Å². The van der Waals surface area contributed by atoms with Gasteiger partial charge in [-0.25, -0.2) is 0 Å². The maximum atomic E-state index is 12.8. The molecule has 0 radical (unpaired) electrons. The Bertz CT molecular complexity index is 418. The van der Waals surface area contributed by atoms with Gasteiger partial charge in [0.25, 0.3) is 0 Å². The van der Waals surface area contributed by atoms with Crippen LogP contribution in [0.3, 0.4) is 0 Å². The first-order valence-electron chi connectivity index (χ1n) is 6.98. The van der Waals surface area contributed by atoms with Gasteiger partial charge in [0, 0.05) is 0 Å². The molecule has 1 aromatic carbocycles.